The van der Waals surface area contributed by atoms with Crippen LogP contribution >= 0.6 is 23.1 Å². The third-order valence-corrected chi connectivity index (χ3v) is 8.41. The van der Waals surface area contributed by atoms with E-state index in [1.807, 2.05) is 0 Å². The largest absolute Gasteiger partial charge is 0.376 e. The summed E-state index contributed by atoms with van der Waals surface area (Å²) < 4.78 is 34.4. The van der Waals surface area contributed by atoms with Crippen LogP contribution in [0.4, 0.5) is 14.5 Å². The van der Waals surface area contributed by atoms with Gasteiger partial charge in [-0.1, -0.05) is 11.8 Å². The first-order valence-corrected chi connectivity index (χ1v) is 13.4. The van der Waals surface area contributed by atoms with Gasteiger partial charge in [0.2, 0.25) is 11.8 Å². The van der Waals surface area contributed by atoms with Crippen LogP contribution in [0.2, 0.25) is 0 Å². The summed E-state index contributed by atoms with van der Waals surface area (Å²) in [7, 11) is 0. The number of aromatic nitrogens is 2. The quantitative estimate of drug-likeness (QED) is 0.384. The van der Waals surface area contributed by atoms with E-state index in [2.05, 4.69) is 5.32 Å². The van der Waals surface area contributed by atoms with E-state index < -0.39 is 17.5 Å². The molecule has 2 aliphatic heterocycles. The lowest BCUT2D eigenvalue weighted by Gasteiger charge is -2.25. The van der Waals surface area contributed by atoms with Crippen LogP contribution in [0, 0.1) is 11.6 Å². The van der Waals surface area contributed by atoms with Crippen LogP contribution < -0.4 is 10.9 Å². The zero-order chi connectivity index (χ0) is 25.4. The van der Waals surface area contributed by atoms with Crippen molar-refractivity contribution in [3.8, 4) is 0 Å². The lowest BCUT2D eigenvalue weighted by Crippen LogP contribution is -2.34. The molecular weight excluding hydrogens is 510 g/mol. The molecule has 0 aliphatic carbocycles. The van der Waals surface area contributed by atoms with Crippen LogP contribution in [0.3, 0.4) is 0 Å². The molecule has 1 N–H and O–H groups in total. The molecule has 4 heterocycles. The Balaban J connectivity index is 1.44. The third kappa shape index (κ3) is 5.02. The number of halogens is 2. The van der Waals surface area contributed by atoms with Gasteiger partial charge >= 0.3 is 0 Å². The highest BCUT2D eigenvalue weighted by molar-refractivity contribution is 7.99. The predicted octanol–water partition coefficient (Wildman–Crippen LogP) is 3.55. The minimum Gasteiger partial charge on any atom is -0.376 e. The van der Waals surface area contributed by atoms with E-state index in [1.54, 1.807) is 9.47 Å². The number of carbonyl (C=O) groups is 2. The van der Waals surface area contributed by atoms with E-state index in [9.17, 15) is 23.2 Å². The molecule has 2 aromatic heterocycles. The maximum atomic E-state index is 13.9. The molecule has 1 aromatic carbocycles. The number of hydrogen-bond acceptors (Lipinski definition) is 7. The van der Waals surface area contributed by atoms with Gasteiger partial charge in [-0.25, -0.2) is 13.8 Å². The standard InChI is InChI=1S/C24H24F2N4O4S2/c1-13(31)29-7-6-16-19(11-29)36-22-21(16)23(33)30(10-15-3-2-8-34-15)24(28-22)35-12-20(32)27-18-5-4-14(25)9-17(18)26/h4-5,9,15H,2-3,6-8,10-12H2,1H3,(H,27,32). The van der Waals surface area contributed by atoms with Gasteiger partial charge in [-0.2, -0.15) is 0 Å². The second-order valence-corrected chi connectivity index (χ2v) is 10.8. The lowest BCUT2D eigenvalue weighted by molar-refractivity contribution is -0.129. The number of anilines is 1. The molecule has 0 radical (unpaired) electrons. The van der Waals surface area contributed by atoms with E-state index >= 15 is 0 Å². The molecule has 1 unspecified atom stereocenters. The van der Waals surface area contributed by atoms with Crippen LogP contribution in [0.15, 0.2) is 28.2 Å². The number of benzene rings is 1. The molecule has 0 spiro atoms. The number of carbonyl (C=O) groups excluding carboxylic acids is 2. The van der Waals surface area contributed by atoms with Crippen molar-refractivity contribution >= 4 is 50.8 Å². The van der Waals surface area contributed by atoms with E-state index in [4.69, 9.17) is 9.72 Å². The van der Waals surface area contributed by atoms with E-state index in [0.29, 0.717) is 54.1 Å². The summed E-state index contributed by atoms with van der Waals surface area (Å²) in [6.45, 7) is 3.49. The molecule has 12 heteroatoms. The molecule has 1 saturated heterocycles. The summed E-state index contributed by atoms with van der Waals surface area (Å²) in [6.07, 6.45) is 2.21. The van der Waals surface area contributed by atoms with E-state index in [0.717, 1.165) is 47.2 Å². The molecular formula is C24H24F2N4O4S2. The van der Waals surface area contributed by atoms with Crippen LogP contribution in [-0.4, -0.2) is 51.3 Å². The fraction of sp³-hybridized carbons (Fsp3) is 0.417. The Kier molecular flexibility index (Phi) is 7.09. The Hall–Kier alpha value is -2.83. The Labute approximate surface area is 213 Å². The number of fused-ring (bicyclic) bond motifs is 3. The summed E-state index contributed by atoms with van der Waals surface area (Å²) in [6, 6.07) is 2.92. The fourth-order valence-corrected chi connectivity index (χ4v) is 6.58. The SMILES string of the molecule is CC(=O)N1CCc2c(sc3nc(SCC(=O)Nc4ccc(F)cc4F)n(CC4CCCO4)c(=O)c23)C1. The highest BCUT2D eigenvalue weighted by atomic mass is 32.2. The number of hydrogen-bond donors (Lipinski definition) is 1. The van der Waals surface area contributed by atoms with Gasteiger partial charge in [0.05, 0.1) is 36.0 Å². The molecule has 2 amide bonds. The van der Waals surface area contributed by atoms with Gasteiger partial charge in [-0.3, -0.25) is 19.0 Å². The summed E-state index contributed by atoms with van der Waals surface area (Å²) >= 11 is 2.47. The van der Waals surface area contributed by atoms with Gasteiger partial charge in [-0.15, -0.1) is 11.3 Å². The first kappa shape index (κ1) is 24.8. The summed E-state index contributed by atoms with van der Waals surface area (Å²) in [5, 5.41) is 3.37. The smallest absolute Gasteiger partial charge is 0.263 e. The van der Waals surface area contributed by atoms with Crippen molar-refractivity contribution in [2.24, 2.45) is 0 Å². The summed E-state index contributed by atoms with van der Waals surface area (Å²) in [4.78, 5) is 46.1. The molecule has 5 rings (SSSR count). The monoisotopic (exact) mass is 534 g/mol. The highest BCUT2D eigenvalue weighted by Crippen LogP contribution is 2.34. The van der Waals surface area contributed by atoms with Crippen molar-refractivity contribution in [3.63, 3.8) is 0 Å². The Morgan fingerprint density at radius 2 is 2.17 bits per heavy atom. The molecule has 190 valence electrons. The lowest BCUT2D eigenvalue weighted by atomic mass is 10.1. The predicted molar refractivity (Wildman–Crippen MR) is 133 cm³/mol. The van der Waals surface area contributed by atoms with Crippen molar-refractivity contribution in [3.05, 3.63) is 50.6 Å². The van der Waals surface area contributed by atoms with Crippen LogP contribution in [0.5, 0.6) is 0 Å². The number of nitrogens with zero attached hydrogens (tertiary/aromatic N) is 3. The molecule has 36 heavy (non-hydrogen) atoms. The molecule has 3 aromatic rings. The second kappa shape index (κ2) is 10.3. The topological polar surface area (TPSA) is 93.5 Å². The van der Waals surface area contributed by atoms with Crippen molar-refractivity contribution in [1.29, 1.82) is 0 Å². The zero-order valence-electron chi connectivity index (χ0n) is 19.5. The molecule has 0 bridgehead atoms. The van der Waals surface area contributed by atoms with Crippen molar-refractivity contribution in [1.82, 2.24) is 14.5 Å². The first-order chi connectivity index (χ1) is 17.3. The second-order valence-electron chi connectivity index (χ2n) is 8.78. The van der Waals surface area contributed by atoms with Gasteiger partial charge < -0.3 is 15.0 Å². The molecule has 0 saturated carbocycles. The Morgan fingerprint density at radius 3 is 2.89 bits per heavy atom. The van der Waals surface area contributed by atoms with Gasteiger partial charge in [0, 0.05) is 31.0 Å². The van der Waals surface area contributed by atoms with Crippen molar-refractivity contribution in [2.75, 3.05) is 24.2 Å². The Morgan fingerprint density at radius 1 is 1.33 bits per heavy atom. The van der Waals surface area contributed by atoms with Gasteiger partial charge in [0.25, 0.3) is 5.56 Å². The van der Waals surface area contributed by atoms with E-state index in [1.165, 1.54) is 18.3 Å². The minimum absolute atomic E-state index is 0.0123. The molecule has 1 fully saturated rings. The maximum Gasteiger partial charge on any atom is 0.263 e. The van der Waals surface area contributed by atoms with Crippen LogP contribution in [-0.2, 0) is 33.8 Å². The zero-order valence-corrected chi connectivity index (χ0v) is 21.1. The molecule has 1 atom stereocenters. The van der Waals surface area contributed by atoms with Gasteiger partial charge in [0.15, 0.2) is 5.16 Å². The average molecular weight is 535 g/mol. The van der Waals surface area contributed by atoms with Gasteiger partial charge in [0.1, 0.15) is 16.5 Å². The maximum absolute atomic E-state index is 13.9. The summed E-state index contributed by atoms with van der Waals surface area (Å²) in [5.41, 5.74) is 0.632. The molecule has 8 nitrogen and oxygen atoms in total. The third-order valence-electron chi connectivity index (χ3n) is 6.32. The van der Waals surface area contributed by atoms with Crippen molar-refractivity contribution < 1.29 is 23.1 Å². The number of ether oxygens (including phenoxy) is 1. The van der Waals surface area contributed by atoms with Gasteiger partial charge in [-0.05, 0) is 37.0 Å². The van der Waals surface area contributed by atoms with E-state index in [-0.39, 0.29) is 29.0 Å². The Bertz CT molecular complexity index is 1400. The number of thiophene rings is 1. The average Bonchev–Trinajstić information content (AvgIpc) is 3.48. The highest BCUT2D eigenvalue weighted by Gasteiger charge is 2.27. The van der Waals surface area contributed by atoms with Crippen molar-refractivity contribution in [2.45, 2.75) is 50.5 Å². The molecule has 2 aliphatic rings. The number of thioether (sulfide) groups is 1. The number of rotatable bonds is 6. The number of nitrogens with one attached hydrogen (secondary N) is 1. The fourth-order valence-electron chi connectivity index (χ4n) is 4.50. The summed E-state index contributed by atoms with van der Waals surface area (Å²) in [5.74, 6) is -2.25. The minimum atomic E-state index is -0.869. The normalized spacial score (nSPS) is 17.4. The van der Waals surface area contributed by atoms with Crippen LogP contribution in [0.25, 0.3) is 10.2 Å². The van der Waals surface area contributed by atoms with Crippen LogP contribution in [0.1, 0.15) is 30.2 Å². The first-order valence-electron chi connectivity index (χ1n) is 11.6. The number of amides is 2.